The standard InChI is InChI=1S/C15H19FN2S/c1-8-4-5-13(10(8)3)18-14-6-9(2)11(16)7-12(14)17-15(18)19/h6-8,10,13H,4-5H2,1-3H3,(H,17,19). The highest BCUT2D eigenvalue weighted by Crippen LogP contribution is 2.41. The number of aromatic amines is 1. The number of H-pyrrole nitrogens is 1. The molecule has 0 saturated heterocycles. The summed E-state index contributed by atoms with van der Waals surface area (Å²) in [5.74, 6) is 1.15. The van der Waals surface area contributed by atoms with Gasteiger partial charge in [0.1, 0.15) is 5.82 Å². The van der Waals surface area contributed by atoms with Crippen LogP contribution in [-0.2, 0) is 0 Å². The number of nitrogens with one attached hydrogen (secondary N) is 1. The van der Waals surface area contributed by atoms with Crippen LogP contribution in [0.2, 0.25) is 0 Å². The number of rotatable bonds is 1. The Labute approximate surface area is 117 Å². The second-order valence-corrected chi connectivity index (χ2v) is 6.29. The van der Waals surface area contributed by atoms with Crippen LogP contribution in [0.25, 0.3) is 11.0 Å². The summed E-state index contributed by atoms with van der Waals surface area (Å²) in [6, 6.07) is 3.90. The zero-order valence-corrected chi connectivity index (χ0v) is 12.4. The van der Waals surface area contributed by atoms with Gasteiger partial charge in [0.25, 0.3) is 0 Å². The third-order valence-corrected chi connectivity index (χ3v) is 5.05. The summed E-state index contributed by atoms with van der Waals surface area (Å²) in [7, 11) is 0. The normalized spacial score (nSPS) is 27.3. The molecule has 4 heteroatoms. The van der Waals surface area contributed by atoms with Crippen LogP contribution in [0.15, 0.2) is 12.1 Å². The summed E-state index contributed by atoms with van der Waals surface area (Å²) in [4.78, 5) is 3.15. The van der Waals surface area contributed by atoms with E-state index < -0.39 is 0 Å². The summed E-state index contributed by atoms with van der Waals surface area (Å²) >= 11 is 5.45. The lowest BCUT2D eigenvalue weighted by Gasteiger charge is -2.20. The van der Waals surface area contributed by atoms with Gasteiger partial charge in [0.15, 0.2) is 4.77 Å². The lowest BCUT2D eigenvalue weighted by Crippen LogP contribution is -2.14. The van der Waals surface area contributed by atoms with Crippen molar-refractivity contribution in [2.45, 2.75) is 39.7 Å². The number of halogens is 1. The highest BCUT2D eigenvalue weighted by atomic mass is 32.1. The third kappa shape index (κ3) is 1.93. The van der Waals surface area contributed by atoms with Gasteiger partial charge in [-0.25, -0.2) is 4.39 Å². The van der Waals surface area contributed by atoms with E-state index in [-0.39, 0.29) is 5.82 Å². The Hall–Kier alpha value is -1.16. The molecule has 2 nitrogen and oxygen atoms in total. The minimum atomic E-state index is -0.177. The van der Waals surface area contributed by atoms with E-state index in [1.807, 2.05) is 6.07 Å². The lowest BCUT2D eigenvalue weighted by molar-refractivity contribution is 0.356. The smallest absolute Gasteiger partial charge is 0.178 e. The first-order valence-corrected chi connectivity index (χ1v) is 7.30. The Balaban J connectivity index is 2.21. The molecule has 0 bridgehead atoms. The Morgan fingerprint density at radius 1 is 1.32 bits per heavy atom. The maximum atomic E-state index is 13.6. The fraction of sp³-hybridized carbons (Fsp3) is 0.533. The number of fused-ring (bicyclic) bond motifs is 1. The van der Waals surface area contributed by atoms with Crippen molar-refractivity contribution in [3.8, 4) is 0 Å². The number of hydrogen-bond donors (Lipinski definition) is 1. The molecule has 1 fully saturated rings. The van der Waals surface area contributed by atoms with Gasteiger partial charge in [0.2, 0.25) is 0 Å². The molecule has 1 saturated carbocycles. The van der Waals surface area contributed by atoms with Crippen LogP contribution in [0.3, 0.4) is 0 Å². The van der Waals surface area contributed by atoms with Gasteiger partial charge in [-0.05, 0) is 61.5 Å². The van der Waals surface area contributed by atoms with Crippen molar-refractivity contribution in [2.24, 2.45) is 11.8 Å². The molecule has 1 aliphatic rings. The molecule has 3 rings (SSSR count). The van der Waals surface area contributed by atoms with Gasteiger partial charge in [0, 0.05) is 6.04 Å². The fourth-order valence-corrected chi connectivity index (χ4v) is 3.63. The Bertz CT molecular complexity index is 685. The fourth-order valence-electron chi connectivity index (χ4n) is 3.28. The number of benzene rings is 1. The highest BCUT2D eigenvalue weighted by Gasteiger charge is 2.32. The van der Waals surface area contributed by atoms with Crippen LogP contribution < -0.4 is 0 Å². The molecule has 0 amide bonds. The number of nitrogens with zero attached hydrogens (tertiary/aromatic N) is 1. The van der Waals surface area contributed by atoms with Crippen LogP contribution in [0.5, 0.6) is 0 Å². The summed E-state index contributed by atoms with van der Waals surface area (Å²) in [6.07, 6.45) is 2.39. The summed E-state index contributed by atoms with van der Waals surface area (Å²) < 4.78 is 16.6. The largest absolute Gasteiger partial charge is 0.330 e. The monoisotopic (exact) mass is 278 g/mol. The summed E-state index contributed by atoms with van der Waals surface area (Å²) in [5, 5.41) is 0. The molecule has 0 aliphatic heterocycles. The Morgan fingerprint density at radius 3 is 2.68 bits per heavy atom. The van der Waals surface area contributed by atoms with Crippen molar-refractivity contribution >= 4 is 23.3 Å². The van der Waals surface area contributed by atoms with Crippen molar-refractivity contribution in [2.75, 3.05) is 0 Å². The van der Waals surface area contributed by atoms with Crippen molar-refractivity contribution in [1.29, 1.82) is 0 Å². The van der Waals surface area contributed by atoms with Crippen LogP contribution in [-0.4, -0.2) is 9.55 Å². The van der Waals surface area contributed by atoms with Gasteiger partial charge >= 0.3 is 0 Å². The van der Waals surface area contributed by atoms with E-state index in [2.05, 4.69) is 23.4 Å². The first kappa shape index (κ1) is 12.9. The predicted octanol–water partition coefficient (Wildman–Crippen LogP) is 4.75. The number of hydrogen-bond acceptors (Lipinski definition) is 1. The van der Waals surface area contributed by atoms with Gasteiger partial charge in [-0.3, -0.25) is 0 Å². The van der Waals surface area contributed by atoms with Crippen molar-refractivity contribution < 1.29 is 4.39 Å². The van der Waals surface area contributed by atoms with Crippen LogP contribution in [0.1, 0.15) is 38.3 Å². The molecule has 2 aromatic rings. The highest BCUT2D eigenvalue weighted by molar-refractivity contribution is 7.71. The molecule has 0 spiro atoms. The molecule has 1 heterocycles. The predicted molar refractivity (Wildman–Crippen MR) is 78.4 cm³/mol. The number of aromatic nitrogens is 2. The first-order valence-electron chi connectivity index (χ1n) is 6.89. The van der Waals surface area contributed by atoms with E-state index in [0.29, 0.717) is 22.3 Å². The third-order valence-electron chi connectivity index (χ3n) is 4.75. The average Bonchev–Trinajstić information content (AvgIpc) is 2.82. The topological polar surface area (TPSA) is 20.7 Å². The zero-order chi connectivity index (χ0) is 13.7. The Morgan fingerprint density at radius 2 is 2.05 bits per heavy atom. The van der Waals surface area contributed by atoms with Crippen molar-refractivity contribution in [3.05, 3.63) is 28.3 Å². The second kappa shape index (κ2) is 4.44. The van der Waals surface area contributed by atoms with E-state index >= 15 is 0 Å². The SMILES string of the molecule is Cc1cc2c(cc1F)[nH]c(=S)n2C1CCC(C)C1C. The molecule has 1 aliphatic carbocycles. The Kier molecular flexibility index (Phi) is 3.01. The molecule has 1 N–H and O–H groups in total. The quantitative estimate of drug-likeness (QED) is 0.746. The van der Waals surface area contributed by atoms with E-state index in [1.54, 1.807) is 13.0 Å². The van der Waals surface area contributed by atoms with Crippen LogP contribution in [0, 0.1) is 29.3 Å². The molecule has 1 aromatic heterocycles. The van der Waals surface area contributed by atoms with E-state index in [1.165, 1.54) is 6.42 Å². The van der Waals surface area contributed by atoms with E-state index in [4.69, 9.17) is 12.2 Å². The molecule has 3 atom stereocenters. The average molecular weight is 278 g/mol. The molecule has 102 valence electrons. The van der Waals surface area contributed by atoms with Gasteiger partial charge < -0.3 is 9.55 Å². The number of imidazole rings is 1. The van der Waals surface area contributed by atoms with Gasteiger partial charge in [-0.15, -0.1) is 0 Å². The molecule has 3 unspecified atom stereocenters. The molecular formula is C15H19FN2S. The minimum absolute atomic E-state index is 0.177. The second-order valence-electron chi connectivity index (χ2n) is 5.90. The van der Waals surface area contributed by atoms with E-state index in [0.717, 1.165) is 23.4 Å². The van der Waals surface area contributed by atoms with E-state index in [9.17, 15) is 4.39 Å². The van der Waals surface area contributed by atoms with Gasteiger partial charge in [-0.2, -0.15) is 0 Å². The molecule has 1 aromatic carbocycles. The molecule has 0 radical (unpaired) electrons. The summed E-state index contributed by atoms with van der Waals surface area (Å²) in [6.45, 7) is 6.39. The first-order chi connectivity index (χ1) is 8.99. The zero-order valence-electron chi connectivity index (χ0n) is 11.5. The maximum Gasteiger partial charge on any atom is 0.178 e. The van der Waals surface area contributed by atoms with Crippen molar-refractivity contribution in [3.63, 3.8) is 0 Å². The molecular weight excluding hydrogens is 259 g/mol. The maximum absolute atomic E-state index is 13.6. The molecule has 19 heavy (non-hydrogen) atoms. The van der Waals surface area contributed by atoms with Gasteiger partial charge in [0.05, 0.1) is 11.0 Å². The van der Waals surface area contributed by atoms with Gasteiger partial charge in [-0.1, -0.05) is 13.8 Å². The van der Waals surface area contributed by atoms with Crippen LogP contribution in [0.4, 0.5) is 4.39 Å². The lowest BCUT2D eigenvalue weighted by atomic mass is 9.97. The van der Waals surface area contributed by atoms with Crippen LogP contribution >= 0.6 is 12.2 Å². The minimum Gasteiger partial charge on any atom is -0.330 e. The summed E-state index contributed by atoms with van der Waals surface area (Å²) in [5.41, 5.74) is 2.52. The van der Waals surface area contributed by atoms with Crippen molar-refractivity contribution in [1.82, 2.24) is 9.55 Å². The number of aryl methyl sites for hydroxylation is 1.